The van der Waals surface area contributed by atoms with E-state index in [9.17, 15) is 4.79 Å². The highest BCUT2D eigenvalue weighted by molar-refractivity contribution is 5.71. The molecule has 0 bridgehead atoms. The Kier molecular flexibility index (Phi) is 7.63. The van der Waals surface area contributed by atoms with Gasteiger partial charge in [0.1, 0.15) is 0 Å². The predicted molar refractivity (Wildman–Crippen MR) is 50.4 cm³/mol. The smallest absolute Gasteiger partial charge is 0.309 e. The third-order valence-electron chi connectivity index (χ3n) is 1.82. The molecule has 0 spiro atoms. The Balaban J connectivity index is 3.26. The molecule has 78 valence electrons. The molecular formula is C9H19NO3. The number of unbranched alkanes of at least 4 members (excludes halogenated alkanes) is 1. The molecule has 0 aromatic heterocycles. The quantitative estimate of drug-likeness (QED) is 0.442. The second-order valence-electron chi connectivity index (χ2n) is 3.06. The first-order valence-electron chi connectivity index (χ1n) is 4.61. The molecule has 13 heavy (non-hydrogen) atoms. The number of ether oxygens (including phenoxy) is 1. The minimum absolute atomic E-state index is 0.0980. The van der Waals surface area contributed by atoms with Crippen LogP contribution in [0.1, 0.15) is 19.8 Å². The third kappa shape index (κ3) is 6.54. The molecule has 0 heterocycles. The lowest BCUT2D eigenvalue weighted by Crippen LogP contribution is -2.28. The van der Waals surface area contributed by atoms with Crippen LogP contribution in [-0.2, 0) is 9.53 Å². The minimum Gasteiger partial charge on any atom is -0.469 e. The van der Waals surface area contributed by atoms with Crippen LogP contribution in [-0.4, -0.2) is 37.9 Å². The van der Waals surface area contributed by atoms with Gasteiger partial charge in [0, 0.05) is 13.2 Å². The summed E-state index contributed by atoms with van der Waals surface area (Å²) in [5.41, 5.74) is 0. The fourth-order valence-corrected chi connectivity index (χ4v) is 0.965. The minimum atomic E-state index is -0.186. The molecule has 0 rings (SSSR count). The number of carbonyl (C=O) groups excluding carboxylic acids is 1. The number of carbonyl (C=O) groups is 1. The van der Waals surface area contributed by atoms with Crippen molar-refractivity contribution in [1.82, 2.24) is 5.32 Å². The monoisotopic (exact) mass is 189 g/mol. The molecule has 1 atom stereocenters. The van der Waals surface area contributed by atoms with Gasteiger partial charge in [0.05, 0.1) is 13.0 Å². The Labute approximate surface area is 79.3 Å². The average molecular weight is 189 g/mol. The van der Waals surface area contributed by atoms with Gasteiger partial charge in [0.25, 0.3) is 0 Å². The molecule has 0 aromatic rings. The fourth-order valence-electron chi connectivity index (χ4n) is 0.965. The molecule has 0 saturated heterocycles. The van der Waals surface area contributed by atoms with Gasteiger partial charge in [-0.1, -0.05) is 6.92 Å². The van der Waals surface area contributed by atoms with Gasteiger partial charge in [-0.3, -0.25) is 4.79 Å². The van der Waals surface area contributed by atoms with Crippen LogP contribution in [0.15, 0.2) is 0 Å². The fraction of sp³-hybridized carbons (Fsp3) is 0.889. The number of nitrogens with one attached hydrogen (secondary N) is 1. The van der Waals surface area contributed by atoms with Crippen LogP contribution in [0.25, 0.3) is 0 Å². The van der Waals surface area contributed by atoms with Crippen LogP contribution in [0.5, 0.6) is 0 Å². The lowest BCUT2D eigenvalue weighted by atomic mass is 10.2. The number of rotatable bonds is 7. The van der Waals surface area contributed by atoms with Crippen molar-refractivity contribution in [3.8, 4) is 0 Å². The maximum absolute atomic E-state index is 10.9. The Morgan fingerprint density at radius 3 is 2.77 bits per heavy atom. The van der Waals surface area contributed by atoms with Crippen LogP contribution in [0.2, 0.25) is 0 Å². The van der Waals surface area contributed by atoms with E-state index in [1.54, 1.807) is 0 Å². The van der Waals surface area contributed by atoms with Crippen LogP contribution in [0.3, 0.4) is 0 Å². The van der Waals surface area contributed by atoms with Crippen molar-refractivity contribution in [2.45, 2.75) is 19.8 Å². The van der Waals surface area contributed by atoms with Gasteiger partial charge in [-0.05, 0) is 19.4 Å². The lowest BCUT2D eigenvalue weighted by molar-refractivity contribution is -0.144. The van der Waals surface area contributed by atoms with Gasteiger partial charge in [-0.2, -0.15) is 0 Å². The number of esters is 1. The average Bonchev–Trinajstić information content (AvgIpc) is 2.16. The van der Waals surface area contributed by atoms with Gasteiger partial charge in [-0.25, -0.2) is 0 Å². The van der Waals surface area contributed by atoms with Crippen molar-refractivity contribution in [3.05, 3.63) is 0 Å². The van der Waals surface area contributed by atoms with Gasteiger partial charge in [0.2, 0.25) is 0 Å². The zero-order valence-electron chi connectivity index (χ0n) is 8.38. The van der Waals surface area contributed by atoms with E-state index in [1.165, 1.54) is 7.11 Å². The van der Waals surface area contributed by atoms with Crippen molar-refractivity contribution in [2.24, 2.45) is 5.92 Å². The predicted octanol–water partition coefficient (Wildman–Crippen LogP) is 0.158. The molecule has 0 fully saturated rings. The van der Waals surface area contributed by atoms with Gasteiger partial charge in [-0.15, -0.1) is 0 Å². The third-order valence-corrected chi connectivity index (χ3v) is 1.82. The normalized spacial score (nSPS) is 12.5. The first-order chi connectivity index (χ1) is 6.22. The molecule has 4 nitrogen and oxygen atoms in total. The van der Waals surface area contributed by atoms with Crippen molar-refractivity contribution >= 4 is 5.97 Å². The summed E-state index contributed by atoms with van der Waals surface area (Å²) in [5.74, 6) is -0.284. The summed E-state index contributed by atoms with van der Waals surface area (Å²) in [4.78, 5) is 10.9. The van der Waals surface area contributed by atoms with E-state index in [4.69, 9.17) is 5.11 Å². The molecule has 0 radical (unpaired) electrons. The van der Waals surface area contributed by atoms with Gasteiger partial charge in [0.15, 0.2) is 0 Å². The number of hydrogen-bond donors (Lipinski definition) is 2. The molecule has 0 aliphatic rings. The maximum atomic E-state index is 10.9. The molecule has 0 aromatic carbocycles. The summed E-state index contributed by atoms with van der Waals surface area (Å²) < 4.78 is 4.57. The topological polar surface area (TPSA) is 58.6 Å². The molecule has 4 heteroatoms. The van der Waals surface area contributed by atoms with Crippen molar-refractivity contribution in [2.75, 3.05) is 26.8 Å². The molecular weight excluding hydrogens is 170 g/mol. The van der Waals surface area contributed by atoms with Crippen molar-refractivity contribution < 1.29 is 14.6 Å². The van der Waals surface area contributed by atoms with E-state index >= 15 is 0 Å². The molecule has 2 N–H and O–H groups in total. The number of hydrogen-bond acceptors (Lipinski definition) is 4. The molecule has 0 saturated carbocycles. The maximum Gasteiger partial charge on any atom is 0.309 e. The van der Waals surface area contributed by atoms with E-state index in [2.05, 4.69) is 10.1 Å². The molecule has 0 aliphatic heterocycles. The number of aliphatic hydroxyl groups excluding tert-OH is 1. The van der Waals surface area contributed by atoms with Gasteiger partial charge >= 0.3 is 5.97 Å². The second kappa shape index (κ2) is 8.01. The van der Waals surface area contributed by atoms with Crippen LogP contribution in [0, 0.1) is 5.92 Å². The summed E-state index contributed by atoms with van der Waals surface area (Å²) in [6.45, 7) is 3.53. The van der Waals surface area contributed by atoms with Crippen molar-refractivity contribution in [1.29, 1.82) is 0 Å². The van der Waals surface area contributed by atoms with Crippen LogP contribution in [0.4, 0.5) is 0 Å². The summed E-state index contributed by atoms with van der Waals surface area (Å²) in [6.07, 6.45) is 1.74. The zero-order chi connectivity index (χ0) is 10.1. The highest BCUT2D eigenvalue weighted by Gasteiger charge is 2.11. The van der Waals surface area contributed by atoms with Crippen molar-refractivity contribution in [3.63, 3.8) is 0 Å². The Hall–Kier alpha value is -0.610. The Bertz CT molecular complexity index is 139. The molecule has 0 amide bonds. The van der Waals surface area contributed by atoms with Crippen LogP contribution >= 0.6 is 0 Å². The van der Waals surface area contributed by atoms with E-state index in [-0.39, 0.29) is 18.5 Å². The Morgan fingerprint density at radius 1 is 1.54 bits per heavy atom. The van der Waals surface area contributed by atoms with E-state index < -0.39 is 0 Å². The molecule has 1 unspecified atom stereocenters. The largest absolute Gasteiger partial charge is 0.469 e. The SMILES string of the molecule is COC(=O)C(C)CNCCCCO. The number of methoxy groups -OCH3 is 1. The summed E-state index contributed by atoms with van der Waals surface area (Å²) in [6, 6.07) is 0. The molecule has 0 aliphatic carbocycles. The van der Waals surface area contributed by atoms with Crippen LogP contribution < -0.4 is 5.32 Å². The summed E-state index contributed by atoms with van der Waals surface area (Å²) in [5, 5.41) is 11.6. The summed E-state index contributed by atoms with van der Waals surface area (Å²) in [7, 11) is 1.39. The summed E-state index contributed by atoms with van der Waals surface area (Å²) >= 11 is 0. The first-order valence-corrected chi connectivity index (χ1v) is 4.61. The highest BCUT2D eigenvalue weighted by Crippen LogP contribution is 1.95. The Morgan fingerprint density at radius 2 is 2.23 bits per heavy atom. The first kappa shape index (κ1) is 12.4. The lowest BCUT2D eigenvalue weighted by Gasteiger charge is -2.09. The van der Waals surface area contributed by atoms with E-state index in [0.29, 0.717) is 6.54 Å². The zero-order valence-corrected chi connectivity index (χ0v) is 8.38. The number of aliphatic hydroxyl groups is 1. The standard InChI is InChI=1S/C9H19NO3/c1-8(9(12)13-2)7-10-5-3-4-6-11/h8,10-11H,3-7H2,1-2H3. The second-order valence-corrected chi connectivity index (χ2v) is 3.06. The van der Waals surface area contributed by atoms with E-state index in [1.807, 2.05) is 6.92 Å². The van der Waals surface area contributed by atoms with E-state index in [0.717, 1.165) is 19.4 Å². The van der Waals surface area contributed by atoms with Gasteiger partial charge < -0.3 is 15.2 Å². The highest BCUT2D eigenvalue weighted by atomic mass is 16.5.